The van der Waals surface area contributed by atoms with Crippen molar-refractivity contribution >= 4 is 10.8 Å². The number of aliphatic hydroxyl groups is 1. The second-order valence-electron chi connectivity index (χ2n) is 6.01. The molecule has 6 heteroatoms. The van der Waals surface area contributed by atoms with Crippen LogP contribution >= 0.6 is 0 Å². The van der Waals surface area contributed by atoms with Crippen LogP contribution in [0.15, 0.2) is 29.2 Å². The number of ether oxygens (including phenoxy) is 1. The lowest BCUT2D eigenvalue weighted by Crippen LogP contribution is -2.42. The van der Waals surface area contributed by atoms with Gasteiger partial charge in [0.05, 0.1) is 11.6 Å². The first-order valence-electron chi connectivity index (χ1n) is 6.89. The number of benzene rings is 1. The quantitative estimate of drug-likeness (QED) is 0.766. The van der Waals surface area contributed by atoms with Crippen LogP contribution in [0.2, 0.25) is 0 Å². The van der Waals surface area contributed by atoms with E-state index in [2.05, 4.69) is 15.5 Å². The largest absolute Gasteiger partial charge is 0.490 e. The standard InChI is InChI=1S/C15H21N3O3/c1-15(2,3)16-7-10(19)9-21-13-6-4-5-11-12(13)8-17-18-14(11)20/h4-6,8,10,16,19H,7,9H2,1-3H3,(H,18,20). The van der Waals surface area contributed by atoms with E-state index in [4.69, 9.17) is 4.74 Å². The molecule has 0 fully saturated rings. The van der Waals surface area contributed by atoms with Crippen molar-refractivity contribution in [1.82, 2.24) is 15.5 Å². The second-order valence-corrected chi connectivity index (χ2v) is 6.01. The average Bonchev–Trinajstić information content (AvgIpc) is 2.42. The van der Waals surface area contributed by atoms with Crippen LogP contribution in [0.5, 0.6) is 5.75 Å². The molecule has 1 heterocycles. The first kappa shape index (κ1) is 15.5. The van der Waals surface area contributed by atoms with Crippen LogP contribution in [0.1, 0.15) is 20.8 Å². The minimum Gasteiger partial charge on any atom is -0.490 e. The number of fused-ring (bicyclic) bond motifs is 1. The Balaban J connectivity index is 2.04. The summed E-state index contributed by atoms with van der Waals surface area (Å²) in [7, 11) is 0. The number of rotatable bonds is 5. The van der Waals surface area contributed by atoms with Crippen LogP contribution in [0.4, 0.5) is 0 Å². The third kappa shape index (κ3) is 4.27. The Labute approximate surface area is 123 Å². The van der Waals surface area contributed by atoms with Gasteiger partial charge in [-0.15, -0.1) is 0 Å². The summed E-state index contributed by atoms with van der Waals surface area (Å²) in [5.41, 5.74) is -0.314. The Morgan fingerprint density at radius 2 is 2.14 bits per heavy atom. The Bertz CT molecular complexity index is 661. The molecule has 0 spiro atoms. The van der Waals surface area contributed by atoms with Gasteiger partial charge >= 0.3 is 0 Å². The van der Waals surface area contributed by atoms with Gasteiger partial charge in [-0.3, -0.25) is 4.79 Å². The lowest BCUT2D eigenvalue weighted by atomic mass is 10.1. The molecule has 2 rings (SSSR count). The topological polar surface area (TPSA) is 87.2 Å². The first-order chi connectivity index (χ1) is 9.87. The SMILES string of the molecule is CC(C)(C)NCC(O)COc1cccc2c(=O)[nH]ncc12. The molecule has 3 N–H and O–H groups in total. The molecule has 0 aliphatic heterocycles. The number of β-amino-alcohol motifs (C(OH)–C–C–N with tert-alkyl or cyclic N) is 1. The Morgan fingerprint density at radius 1 is 1.38 bits per heavy atom. The maximum Gasteiger partial charge on any atom is 0.272 e. The Morgan fingerprint density at radius 3 is 2.86 bits per heavy atom. The van der Waals surface area contributed by atoms with Gasteiger partial charge in [0.15, 0.2) is 0 Å². The van der Waals surface area contributed by atoms with Crippen LogP contribution in [-0.4, -0.2) is 40.1 Å². The van der Waals surface area contributed by atoms with Crippen LogP contribution in [0, 0.1) is 0 Å². The van der Waals surface area contributed by atoms with E-state index in [1.54, 1.807) is 24.4 Å². The highest BCUT2D eigenvalue weighted by Gasteiger charge is 2.13. The van der Waals surface area contributed by atoms with Gasteiger partial charge in [-0.05, 0) is 32.9 Å². The number of nitrogens with one attached hydrogen (secondary N) is 2. The van der Waals surface area contributed by atoms with Crippen molar-refractivity contribution in [2.45, 2.75) is 32.4 Å². The average molecular weight is 291 g/mol. The van der Waals surface area contributed by atoms with Gasteiger partial charge < -0.3 is 15.2 Å². The fraction of sp³-hybridized carbons (Fsp3) is 0.467. The zero-order valence-electron chi connectivity index (χ0n) is 12.5. The summed E-state index contributed by atoms with van der Waals surface area (Å²) in [6.07, 6.45) is 0.917. The molecule has 0 radical (unpaired) electrons. The second kappa shape index (κ2) is 6.24. The normalized spacial score (nSPS) is 13.3. The Kier molecular flexibility index (Phi) is 4.59. The van der Waals surface area contributed by atoms with E-state index in [0.717, 1.165) is 0 Å². The molecule has 0 saturated heterocycles. The van der Waals surface area contributed by atoms with Crippen molar-refractivity contribution in [1.29, 1.82) is 0 Å². The van der Waals surface area contributed by atoms with Crippen LogP contribution < -0.4 is 15.6 Å². The highest BCUT2D eigenvalue weighted by molar-refractivity contribution is 5.86. The lowest BCUT2D eigenvalue weighted by Gasteiger charge is -2.23. The van der Waals surface area contributed by atoms with E-state index in [-0.39, 0.29) is 17.7 Å². The molecule has 0 saturated carbocycles. The summed E-state index contributed by atoms with van der Waals surface area (Å²) in [5, 5.41) is 20.5. The number of aliphatic hydroxyl groups excluding tert-OH is 1. The molecule has 1 aromatic carbocycles. The zero-order valence-corrected chi connectivity index (χ0v) is 12.5. The van der Waals surface area contributed by atoms with Gasteiger partial charge in [-0.2, -0.15) is 5.10 Å². The summed E-state index contributed by atoms with van der Waals surface area (Å²) in [6, 6.07) is 5.21. The summed E-state index contributed by atoms with van der Waals surface area (Å²) in [4.78, 5) is 11.6. The number of hydrogen-bond donors (Lipinski definition) is 3. The summed E-state index contributed by atoms with van der Waals surface area (Å²) >= 11 is 0. The van der Waals surface area contributed by atoms with Gasteiger partial charge in [0.25, 0.3) is 5.56 Å². The number of aromatic nitrogens is 2. The van der Waals surface area contributed by atoms with E-state index < -0.39 is 6.10 Å². The highest BCUT2D eigenvalue weighted by Crippen LogP contribution is 2.22. The van der Waals surface area contributed by atoms with Gasteiger partial charge in [-0.25, -0.2) is 5.10 Å². The molecular formula is C15H21N3O3. The number of nitrogens with zero attached hydrogens (tertiary/aromatic N) is 1. The van der Waals surface area contributed by atoms with Crippen LogP contribution in [0.3, 0.4) is 0 Å². The summed E-state index contributed by atoms with van der Waals surface area (Å²) in [6.45, 7) is 6.68. The molecular weight excluding hydrogens is 270 g/mol. The first-order valence-corrected chi connectivity index (χ1v) is 6.89. The number of hydrogen-bond acceptors (Lipinski definition) is 5. The molecule has 0 amide bonds. The van der Waals surface area contributed by atoms with Gasteiger partial charge in [0.1, 0.15) is 18.5 Å². The van der Waals surface area contributed by atoms with Crippen molar-refractivity contribution in [2.75, 3.05) is 13.2 Å². The van der Waals surface area contributed by atoms with E-state index >= 15 is 0 Å². The highest BCUT2D eigenvalue weighted by atomic mass is 16.5. The van der Waals surface area contributed by atoms with Crippen molar-refractivity contribution in [3.63, 3.8) is 0 Å². The van der Waals surface area contributed by atoms with E-state index in [1.807, 2.05) is 20.8 Å². The zero-order chi connectivity index (χ0) is 15.5. The van der Waals surface area contributed by atoms with Crippen molar-refractivity contribution in [3.05, 3.63) is 34.7 Å². The maximum atomic E-state index is 11.6. The molecule has 6 nitrogen and oxygen atoms in total. The minimum atomic E-state index is -0.630. The molecule has 1 unspecified atom stereocenters. The Hall–Kier alpha value is -1.92. The van der Waals surface area contributed by atoms with Crippen LogP contribution in [-0.2, 0) is 0 Å². The van der Waals surface area contributed by atoms with Gasteiger partial charge in [-0.1, -0.05) is 6.07 Å². The third-order valence-corrected chi connectivity index (χ3v) is 2.97. The van der Waals surface area contributed by atoms with Crippen molar-refractivity contribution < 1.29 is 9.84 Å². The number of aromatic amines is 1. The van der Waals surface area contributed by atoms with E-state index in [0.29, 0.717) is 23.1 Å². The summed E-state index contributed by atoms with van der Waals surface area (Å²) in [5.74, 6) is 0.543. The fourth-order valence-electron chi connectivity index (χ4n) is 1.89. The molecule has 0 aliphatic carbocycles. The minimum absolute atomic E-state index is 0.0579. The van der Waals surface area contributed by atoms with Gasteiger partial charge in [0.2, 0.25) is 0 Å². The molecule has 0 aliphatic rings. The molecule has 1 aromatic heterocycles. The monoisotopic (exact) mass is 291 g/mol. The molecule has 2 aromatic rings. The summed E-state index contributed by atoms with van der Waals surface area (Å²) < 4.78 is 5.62. The number of H-pyrrole nitrogens is 1. The molecule has 0 bridgehead atoms. The van der Waals surface area contributed by atoms with Crippen molar-refractivity contribution in [2.24, 2.45) is 0 Å². The van der Waals surface area contributed by atoms with Gasteiger partial charge in [0, 0.05) is 17.5 Å². The van der Waals surface area contributed by atoms with Crippen LogP contribution in [0.25, 0.3) is 10.8 Å². The molecule has 114 valence electrons. The van der Waals surface area contributed by atoms with E-state index in [9.17, 15) is 9.90 Å². The predicted molar refractivity (Wildman–Crippen MR) is 81.6 cm³/mol. The third-order valence-electron chi connectivity index (χ3n) is 2.97. The van der Waals surface area contributed by atoms with E-state index in [1.165, 1.54) is 0 Å². The molecule has 21 heavy (non-hydrogen) atoms. The maximum absolute atomic E-state index is 11.6. The predicted octanol–water partition coefficient (Wildman–Crippen LogP) is 1.05. The van der Waals surface area contributed by atoms with Crippen molar-refractivity contribution in [3.8, 4) is 5.75 Å². The fourth-order valence-corrected chi connectivity index (χ4v) is 1.89. The smallest absolute Gasteiger partial charge is 0.272 e. The lowest BCUT2D eigenvalue weighted by molar-refractivity contribution is 0.101. The molecule has 1 atom stereocenters.